The van der Waals surface area contributed by atoms with Gasteiger partial charge in [-0.05, 0) is 90.8 Å². The van der Waals surface area contributed by atoms with Gasteiger partial charge in [-0.25, -0.2) is 14.4 Å². The summed E-state index contributed by atoms with van der Waals surface area (Å²) in [6, 6.07) is 39.6. The minimum atomic E-state index is -5.08. The van der Waals surface area contributed by atoms with Crippen LogP contribution in [0.5, 0.6) is 5.75 Å². The van der Waals surface area contributed by atoms with E-state index in [1.54, 1.807) is 24.1 Å². The third-order valence-electron chi connectivity index (χ3n) is 12.5. The number of phenolic OH excluding ortho intramolecular Hbond substituents is 1. The van der Waals surface area contributed by atoms with Gasteiger partial charge in [-0.2, -0.15) is 26.3 Å². The van der Waals surface area contributed by atoms with E-state index in [1.165, 1.54) is 12.1 Å². The summed E-state index contributed by atoms with van der Waals surface area (Å²) in [5.41, 5.74) is 7.13. The van der Waals surface area contributed by atoms with Crippen molar-refractivity contribution < 1.29 is 75.5 Å². The number of H-pyrrole nitrogens is 1. The van der Waals surface area contributed by atoms with Crippen LogP contribution in [0.4, 0.5) is 42.5 Å². The topological polar surface area (TPSA) is 251 Å². The molecule has 5 aromatic carbocycles. The van der Waals surface area contributed by atoms with Gasteiger partial charge < -0.3 is 50.6 Å². The molecule has 2 atom stereocenters. The number of aliphatic carboxylic acids is 2. The molecule has 17 nitrogen and oxygen atoms in total. The number of hydrogen-bond donors (Lipinski definition) is 8. The zero-order chi connectivity index (χ0) is 57.9. The number of phenols is 1. The molecule has 1 aliphatic heterocycles. The lowest BCUT2D eigenvalue weighted by Crippen LogP contribution is -2.40. The van der Waals surface area contributed by atoms with Crippen LogP contribution in [-0.4, -0.2) is 124 Å². The number of nitrogens with one attached hydrogen (secondary N) is 4. The third-order valence-corrected chi connectivity index (χ3v) is 12.5. The Bertz CT molecular complexity index is 3020. The van der Waals surface area contributed by atoms with Crippen molar-refractivity contribution in [1.82, 2.24) is 20.5 Å². The maximum absolute atomic E-state index is 13.1. The Hall–Kier alpha value is -8.28. The first-order valence-electron chi connectivity index (χ1n) is 24.8. The first-order valence-corrected chi connectivity index (χ1v) is 24.8. The highest BCUT2D eigenvalue weighted by Gasteiger charge is 2.39. The Labute approximate surface area is 449 Å². The van der Waals surface area contributed by atoms with Crippen molar-refractivity contribution in [2.45, 2.75) is 76.1 Å². The maximum Gasteiger partial charge on any atom is 0.490 e. The Morgan fingerprint density at radius 3 is 1.97 bits per heavy atom. The number of fused-ring (bicyclic) bond motifs is 1. The number of rotatable bonds is 18. The lowest BCUT2D eigenvalue weighted by Gasteiger charge is -2.31. The van der Waals surface area contributed by atoms with Crippen molar-refractivity contribution in [3.05, 3.63) is 160 Å². The van der Waals surface area contributed by atoms with Gasteiger partial charge in [-0.3, -0.25) is 19.7 Å². The number of hydrogen-bond acceptors (Lipinski definition) is 11. The van der Waals surface area contributed by atoms with Gasteiger partial charge >= 0.3 is 30.4 Å². The van der Waals surface area contributed by atoms with Gasteiger partial charge in [0.25, 0.3) is 0 Å². The molecular weight excluding hydrogens is 1050 g/mol. The fraction of sp³-hybridized carbons (Fsp3) is 0.321. The molecule has 1 aromatic heterocycles. The SMILES string of the molecule is C[C@@H](Cc1ccc(CCNC(=O)Cc2ccc(N(C)C(=O)CCN3CCC(OC(=O)Nc4ccccc4-c4ccccc4)CC3)cc2)cc1)NC[C@H](O)c1ccc(O)c2[nH]c(=O)ccc12.O=C(O)C(F)(F)F.O=C(O)C(F)(F)F. The second kappa shape index (κ2) is 28.9. The van der Waals surface area contributed by atoms with Crippen LogP contribution < -0.4 is 26.4 Å². The summed E-state index contributed by atoms with van der Waals surface area (Å²) in [6.45, 7) is 4.95. The second-order valence-corrected chi connectivity index (χ2v) is 18.4. The monoisotopic (exact) mass is 1110 g/mol. The van der Waals surface area contributed by atoms with Crippen LogP contribution in [0.3, 0.4) is 0 Å². The van der Waals surface area contributed by atoms with Crippen molar-refractivity contribution in [3.8, 4) is 16.9 Å². The molecule has 6 aromatic rings. The summed E-state index contributed by atoms with van der Waals surface area (Å²) in [4.78, 5) is 74.8. The smallest absolute Gasteiger partial charge is 0.490 e. The van der Waals surface area contributed by atoms with Crippen molar-refractivity contribution >= 4 is 52.1 Å². The molecule has 0 radical (unpaired) electrons. The standard InChI is InChI=1S/C52H58N6O7.2C2HF3O2/c1-35(54-34-47(60)43-20-22-46(59)51-44(43)21-23-48(61)56-51)32-37-14-12-36(13-15-37)24-28-53-49(62)33-38-16-18-40(19-17-38)57(2)50(63)27-31-58-29-25-41(26-30-58)65-52(64)55-45-11-7-6-10-42(45)39-8-4-3-5-9-39;2*3-2(4,5)1(6)7/h3-23,35,41,47,54,59-60H,24-34H2,1-2H3,(H,53,62)(H,55,64)(H,56,61);2*(H,6,7)/t35-,47-;;/m0../s1. The molecule has 8 N–H and O–H groups in total. The summed E-state index contributed by atoms with van der Waals surface area (Å²) in [5.74, 6) is -5.63. The number of para-hydroxylation sites is 1. The Kier molecular flexibility index (Phi) is 22.5. The number of carboxylic acid groups (broad SMARTS) is 2. The van der Waals surface area contributed by atoms with Gasteiger partial charge in [-0.1, -0.05) is 91.0 Å². The van der Waals surface area contributed by atoms with Gasteiger partial charge in [0, 0.05) is 74.9 Å². The zero-order valence-electron chi connectivity index (χ0n) is 42.9. The largest absolute Gasteiger partial charge is 0.506 e. The third kappa shape index (κ3) is 19.9. The number of pyridine rings is 1. The maximum atomic E-state index is 13.1. The summed E-state index contributed by atoms with van der Waals surface area (Å²) in [7, 11) is 1.77. The number of halogens is 6. The van der Waals surface area contributed by atoms with E-state index in [2.05, 4.69) is 57.0 Å². The summed E-state index contributed by atoms with van der Waals surface area (Å²) in [5, 5.41) is 45.2. The number of nitrogens with zero attached hydrogens (tertiary/aromatic N) is 2. The molecule has 1 aliphatic rings. The quantitative estimate of drug-likeness (QED) is 0.0377. The zero-order valence-corrected chi connectivity index (χ0v) is 42.9. The van der Waals surface area contributed by atoms with Crippen LogP contribution >= 0.6 is 0 Å². The van der Waals surface area contributed by atoms with Gasteiger partial charge in [-0.15, -0.1) is 0 Å². The van der Waals surface area contributed by atoms with Gasteiger partial charge in [0.15, 0.2) is 0 Å². The summed E-state index contributed by atoms with van der Waals surface area (Å²) >= 11 is 0. The average molecular weight is 1110 g/mol. The van der Waals surface area contributed by atoms with Crippen molar-refractivity contribution in [3.63, 3.8) is 0 Å². The molecule has 0 unspecified atom stereocenters. The Balaban J connectivity index is 0.000000725. The van der Waals surface area contributed by atoms with E-state index in [0.717, 1.165) is 53.0 Å². The number of ether oxygens (including phenoxy) is 1. The van der Waals surface area contributed by atoms with Crippen LogP contribution in [0.15, 0.2) is 132 Å². The van der Waals surface area contributed by atoms with Crippen molar-refractivity contribution in [2.24, 2.45) is 0 Å². The number of aromatic nitrogens is 1. The van der Waals surface area contributed by atoms with Crippen LogP contribution in [0.2, 0.25) is 0 Å². The first kappa shape index (κ1) is 61.6. The number of likely N-dealkylation sites (tertiary alicyclic amines) is 1. The fourth-order valence-electron chi connectivity index (χ4n) is 8.24. The lowest BCUT2D eigenvalue weighted by atomic mass is 10.0. The number of carbonyl (C=O) groups is 5. The van der Waals surface area contributed by atoms with E-state index in [0.29, 0.717) is 67.5 Å². The number of alkyl halides is 6. The highest BCUT2D eigenvalue weighted by Crippen LogP contribution is 2.30. The summed E-state index contributed by atoms with van der Waals surface area (Å²) < 4.78 is 69.2. The number of anilines is 2. The Morgan fingerprint density at radius 2 is 1.35 bits per heavy atom. The number of aliphatic hydroxyl groups excluding tert-OH is 1. The van der Waals surface area contributed by atoms with Crippen molar-refractivity contribution in [1.29, 1.82) is 0 Å². The first-order chi connectivity index (χ1) is 37.4. The molecule has 1 fully saturated rings. The number of benzene rings is 5. The average Bonchev–Trinajstić information content (AvgIpc) is 3.44. The molecular formula is C56H60F6N6O11. The Morgan fingerprint density at radius 1 is 0.772 bits per heavy atom. The number of aliphatic hydroxyl groups is 1. The van der Waals surface area contributed by atoms with Gasteiger partial charge in [0.05, 0.1) is 23.7 Å². The number of carboxylic acids is 2. The number of amides is 3. The number of carbonyl (C=O) groups excluding carboxylic acids is 3. The number of aromatic hydroxyl groups is 1. The highest BCUT2D eigenvalue weighted by atomic mass is 19.4. The summed E-state index contributed by atoms with van der Waals surface area (Å²) in [6.07, 6.45) is -8.22. The van der Waals surface area contributed by atoms with E-state index in [-0.39, 0.29) is 41.7 Å². The van der Waals surface area contributed by atoms with E-state index >= 15 is 0 Å². The predicted molar refractivity (Wildman–Crippen MR) is 283 cm³/mol. The molecule has 0 saturated carbocycles. The van der Waals surface area contributed by atoms with E-state index in [9.17, 15) is 55.7 Å². The molecule has 23 heteroatoms. The van der Waals surface area contributed by atoms with Crippen LogP contribution in [-0.2, 0) is 43.2 Å². The normalized spacial score (nSPS) is 13.6. The highest BCUT2D eigenvalue weighted by molar-refractivity contribution is 5.93. The van der Waals surface area contributed by atoms with E-state index in [4.69, 9.17) is 24.5 Å². The molecule has 1 saturated heterocycles. The van der Waals surface area contributed by atoms with Crippen LogP contribution in [0.25, 0.3) is 22.0 Å². The van der Waals surface area contributed by atoms with Gasteiger partial charge in [0.2, 0.25) is 17.4 Å². The minimum Gasteiger partial charge on any atom is -0.506 e. The molecule has 7 rings (SSSR count). The molecule has 0 bridgehead atoms. The van der Waals surface area contributed by atoms with Crippen LogP contribution in [0.1, 0.15) is 54.5 Å². The van der Waals surface area contributed by atoms with Gasteiger partial charge in [0.1, 0.15) is 11.9 Å². The molecule has 0 spiro atoms. The number of piperidine rings is 1. The minimum absolute atomic E-state index is 0.00128. The van der Waals surface area contributed by atoms with E-state index in [1.807, 2.05) is 78.9 Å². The molecule has 2 heterocycles. The predicted octanol–water partition coefficient (Wildman–Crippen LogP) is 8.39. The van der Waals surface area contributed by atoms with Crippen molar-refractivity contribution in [2.75, 3.05) is 50.0 Å². The lowest BCUT2D eigenvalue weighted by molar-refractivity contribution is -0.193. The fourth-order valence-corrected chi connectivity index (χ4v) is 8.24. The molecule has 79 heavy (non-hydrogen) atoms. The van der Waals surface area contributed by atoms with E-state index < -0.39 is 36.5 Å². The molecule has 0 aliphatic carbocycles. The van der Waals surface area contributed by atoms with Crippen LogP contribution in [0, 0.1) is 0 Å². The number of aromatic amines is 1. The molecule has 3 amide bonds. The second-order valence-electron chi connectivity index (χ2n) is 18.4. The molecule has 422 valence electrons.